The lowest BCUT2D eigenvalue weighted by atomic mass is 10.2. The zero-order chi connectivity index (χ0) is 13.4. The molecule has 19 heavy (non-hydrogen) atoms. The molecular formula is C14H20N4O. The summed E-state index contributed by atoms with van der Waals surface area (Å²) < 4.78 is 7.30. The molecule has 3 heterocycles. The Morgan fingerprint density at radius 2 is 2.21 bits per heavy atom. The van der Waals surface area contributed by atoms with Crippen LogP contribution in [0.25, 0.3) is 5.65 Å². The van der Waals surface area contributed by atoms with Crippen LogP contribution in [0.5, 0.6) is 5.75 Å². The van der Waals surface area contributed by atoms with E-state index in [-0.39, 0.29) is 0 Å². The predicted octanol–water partition coefficient (Wildman–Crippen LogP) is 2.28. The molecule has 0 saturated carbocycles. The molecule has 5 nitrogen and oxygen atoms in total. The summed E-state index contributed by atoms with van der Waals surface area (Å²) in [5.41, 5.74) is 0.852. The Hall–Kier alpha value is -1.62. The molecule has 2 aromatic rings. The van der Waals surface area contributed by atoms with Gasteiger partial charge >= 0.3 is 0 Å². The number of aromatic nitrogens is 3. The normalized spacial score (nSPS) is 20.5. The Morgan fingerprint density at radius 1 is 1.37 bits per heavy atom. The third kappa shape index (κ3) is 2.08. The van der Waals surface area contributed by atoms with Crippen molar-refractivity contribution in [1.82, 2.24) is 19.5 Å². The average Bonchev–Trinajstić information content (AvgIpc) is 3.03. The van der Waals surface area contributed by atoms with E-state index in [0.717, 1.165) is 30.2 Å². The van der Waals surface area contributed by atoms with Crippen LogP contribution in [0.15, 0.2) is 18.3 Å². The lowest BCUT2D eigenvalue weighted by molar-refractivity contribution is 0.197. The second-order valence-corrected chi connectivity index (χ2v) is 5.34. The van der Waals surface area contributed by atoms with Gasteiger partial charge in [0.2, 0.25) is 0 Å². The van der Waals surface area contributed by atoms with Gasteiger partial charge in [0, 0.05) is 18.3 Å². The Bertz CT molecular complexity index is 578. The number of ether oxygens (including phenoxy) is 1. The van der Waals surface area contributed by atoms with Gasteiger partial charge in [-0.15, -0.1) is 10.2 Å². The van der Waals surface area contributed by atoms with E-state index in [1.165, 1.54) is 6.42 Å². The number of fused-ring (bicyclic) bond motifs is 1. The largest absolute Gasteiger partial charge is 0.497 e. The van der Waals surface area contributed by atoms with Gasteiger partial charge in [-0.2, -0.15) is 0 Å². The molecule has 1 aliphatic heterocycles. The van der Waals surface area contributed by atoms with Gasteiger partial charge in [0.25, 0.3) is 0 Å². The van der Waals surface area contributed by atoms with Gasteiger partial charge in [-0.25, -0.2) is 0 Å². The molecule has 3 rings (SSSR count). The summed E-state index contributed by atoms with van der Waals surface area (Å²) in [6.07, 6.45) is 4.39. The van der Waals surface area contributed by atoms with Gasteiger partial charge in [0.1, 0.15) is 5.75 Å². The first kappa shape index (κ1) is 12.4. The highest BCUT2D eigenvalue weighted by Crippen LogP contribution is 2.32. The van der Waals surface area contributed by atoms with Crippen LogP contribution in [-0.2, 0) is 0 Å². The van der Waals surface area contributed by atoms with E-state index in [1.807, 2.05) is 18.3 Å². The molecule has 1 atom stereocenters. The highest BCUT2D eigenvalue weighted by Gasteiger charge is 2.31. The molecule has 0 radical (unpaired) electrons. The molecule has 0 spiro atoms. The first-order valence-electron chi connectivity index (χ1n) is 6.85. The maximum Gasteiger partial charge on any atom is 0.164 e. The minimum Gasteiger partial charge on any atom is -0.497 e. The third-order valence-corrected chi connectivity index (χ3v) is 3.90. The number of nitrogens with zero attached hydrogens (tertiary/aromatic N) is 4. The lowest BCUT2D eigenvalue weighted by Gasteiger charge is -2.26. The molecule has 1 saturated heterocycles. The lowest BCUT2D eigenvalue weighted by Crippen LogP contribution is -2.31. The third-order valence-electron chi connectivity index (χ3n) is 3.90. The Kier molecular flexibility index (Phi) is 3.14. The first-order valence-corrected chi connectivity index (χ1v) is 6.85. The molecule has 1 aliphatic rings. The molecule has 0 aromatic carbocycles. The molecule has 2 aromatic heterocycles. The van der Waals surface area contributed by atoms with Crippen LogP contribution in [0, 0.1) is 0 Å². The van der Waals surface area contributed by atoms with Crippen LogP contribution in [0.1, 0.15) is 38.6 Å². The predicted molar refractivity (Wildman–Crippen MR) is 73.4 cm³/mol. The maximum absolute atomic E-state index is 5.22. The quantitative estimate of drug-likeness (QED) is 0.849. The number of methoxy groups -OCH3 is 1. The summed E-state index contributed by atoms with van der Waals surface area (Å²) in [5, 5.41) is 8.67. The number of hydrogen-bond donors (Lipinski definition) is 0. The van der Waals surface area contributed by atoms with E-state index in [9.17, 15) is 0 Å². The van der Waals surface area contributed by atoms with E-state index >= 15 is 0 Å². The van der Waals surface area contributed by atoms with E-state index in [1.54, 1.807) is 7.11 Å². The zero-order valence-corrected chi connectivity index (χ0v) is 11.7. The van der Waals surface area contributed by atoms with Crippen molar-refractivity contribution in [1.29, 1.82) is 0 Å². The summed E-state index contributed by atoms with van der Waals surface area (Å²) in [5.74, 6) is 1.86. The standard InChI is InChI=1S/C14H20N4O/c1-10(2)17-7-4-5-12(17)14-16-15-13-9-11(19-3)6-8-18(13)14/h6,8-10,12H,4-5,7H2,1-3H3. The average molecular weight is 260 g/mol. The minimum atomic E-state index is 0.378. The summed E-state index contributed by atoms with van der Waals surface area (Å²) in [6, 6.07) is 4.79. The van der Waals surface area contributed by atoms with E-state index < -0.39 is 0 Å². The van der Waals surface area contributed by atoms with Crippen molar-refractivity contribution in [3.8, 4) is 5.75 Å². The highest BCUT2D eigenvalue weighted by molar-refractivity contribution is 5.44. The topological polar surface area (TPSA) is 42.7 Å². The maximum atomic E-state index is 5.22. The summed E-state index contributed by atoms with van der Waals surface area (Å²) in [7, 11) is 1.67. The van der Waals surface area contributed by atoms with Crippen molar-refractivity contribution >= 4 is 5.65 Å². The van der Waals surface area contributed by atoms with Gasteiger partial charge < -0.3 is 4.74 Å². The van der Waals surface area contributed by atoms with Crippen LogP contribution in [0.3, 0.4) is 0 Å². The van der Waals surface area contributed by atoms with Crippen molar-refractivity contribution < 1.29 is 4.74 Å². The number of pyridine rings is 1. The fraction of sp³-hybridized carbons (Fsp3) is 0.571. The Morgan fingerprint density at radius 3 is 2.95 bits per heavy atom. The van der Waals surface area contributed by atoms with Crippen LogP contribution in [0.4, 0.5) is 0 Å². The smallest absolute Gasteiger partial charge is 0.164 e. The summed E-state index contributed by atoms with van der Waals surface area (Å²) in [6.45, 7) is 5.63. The second kappa shape index (κ2) is 4.81. The summed E-state index contributed by atoms with van der Waals surface area (Å²) in [4.78, 5) is 2.50. The van der Waals surface area contributed by atoms with Gasteiger partial charge in [-0.05, 0) is 39.3 Å². The Labute approximate surface area is 113 Å². The monoisotopic (exact) mass is 260 g/mol. The molecule has 0 bridgehead atoms. The Balaban J connectivity index is 2.01. The van der Waals surface area contributed by atoms with Gasteiger partial charge in [0.15, 0.2) is 11.5 Å². The molecule has 0 amide bonds. The number of rotatable bonds is 3. The van der Waals surface area contributed by atoms with E-state index in [4.69, 9.17) is 4.74 Å². The van der Waals surface area contributed by atoms with Gasteiger partial charge in [-0.3, -0.25) is 9.30 Å². The molecule has 1 unspecified atom stereocenters. The molecule has 1 fully saturated rings. The zero-order valence-electron chi connectivity index (χ0n) is 11.7. The molecule has 0 N–H and O–H groups in total. The van der Waals surface area contributed by atoms with Gasteiger partial charge in [-0.1, -0.05) is 0 Å². The van der Waals surface area contributed by atoms with Gasteiger partial charge in [0.05, 0.1) is 13.2 Å². The fourth-order valence-corrected chi connectivity index (χ4v) is 2.93. The van der Waals surface area contributed by atoms with Crippen molar-refractivity contribution in [3.63, 3.8) is 0 Å². The van der Waals surface area contributed by atoms with Crippen molar-refractivity contribution in [2.45, 2.75) is 38.8 Å². The molecule has 0 aliphatic carbocycles. The van der Waals surface area contributed by atoms with Crippen molar-refractivity contribution in [2.24, 2.45) is 0 Å². The van der Waals surface area contributed by atoms with Crippen LogP contribution >= 0.6 is 0 Å². The van der Waals surface area contributed by atoms with E-state index in [0.29, 0.717) is 12.1 Å². The first-order chi connectivity index (χ1) is 9.20. The SMILES string of the molecule is COc1ccn2c(C3CCCN3C(C)C)nnc2c1. The summed E-state index contributed by atoms with van der Waals surface area (Å²) >= 11 is 0. The molecule has 5 heteroatoms. The highest BCUT2D eigenvalue weighted by atomic mass is 16.5. The molecule has 102 valence electrons. The van der Waals surface area contributed by atoms with Crippen LogP contribution in [-0.4, -0.2) is 39.2 Å². The molecular weight excluding hydrogens is 240 g/mol. The second-order valence-electron chi connectivity index (χ2n) is 5.34. The minimum absolute atomic E-state index is 0.378. The number of likely N-dealkylation sites (tertiary alicyclic amines) is 1. The van der Waals surface area contributed by atoms with Crippen LogP contribution < -0.4 is 4.74 Å². The van der Waals surface area contributed by atoms with Crippen LogP contribution in [0.2, 0.25) is 0 Å². The fourth-order valence-electron chi connectivity index (χ4n) is 2.93. The van der Waals surface area contributed by atoms with E-state index in [2.05, 4.69) is 33.3 Å². The number of hydrogen-bond acceptors (Lipinski definition) is 4. The van der Waals surface area contributed by atoms with Crippen molar-refractivity contribution in [2.75, 3.05) is 13.7 Å². The van der Waals surface area contributed by atoms with Crippen molar-refractivity contribution in [3.05, 3.63) is 24.2 Å².